The molecule has 0 bridgehead atoms. The first-order valence-electron chi connectivity index (χ1n) is 8.73. The number of non-ortho nitro benzene ring substituents is 1. The highest BCUT2D eigenvalue weighted by molar-refractivity contribution is 6.22. The molecule has 1 aliphatic heterocycles. The van der Waals surface area contributed by atoms with E-state index in [1.54, 1.807) is 0 Å². The average Bonchev–Trinajstić information content (AvgIpc) is 2.83. The normalized spacial score (nSPS) is 25.2. The lowest BCUT2D eigenvalue weighted by molar-refractivity contribution is -0.384. The van der Waals surface area contributed by atoms with Gasteiger partial charge in [0.2, 0.25) is 5.91 Å². The molecule has 1 aliphatic carbocycles. The molecule has 0 aromatic heterocycles. The van der Waals surface area contributed by atoms with E-state index in [1.165, 1.54) is 12.1 Å². The summed E-state index contributed by atoms with van der Waals surface area (Å²) in [5.41, 5.74) is -0.203. The van der Waals surface area contributed by atoms with E-state index in [0.717, 1.165) is 30.2 Å². The Bertz CT molecular complexity index is 791. The van der Waals surface area contributed by atoms with Crippen LogP contribution in [0.5, 0.6) is 0 Å². The fourth-order valence-electron chi connectivity index (χ4n) is 3.72. The van der Waals surface area contributed by atoms with Gasteiger partial charge in [-0.15, -0.1) is 0 Å². The molecule has 0 spiro atoms. The van der Waals surface area contributed by atoms with Crippen LogP contribution in [0.2, 0.25) is 0 Å². The summed E-state index contributed by atoms with van der Waals surface area (Å²) >= 11 is 0. The molecule has 1 N–H and O–H groups in total. The summed E-state index contributed by atoms with van der Waals surface area (Å²) in [5, 5.41) is 13.8. The van der Waals surface area contributed by atoms with E-state index in [2.05, 4.69) is 19.2 Å². The molecule has 1 fully saturated rings. The molecular weight excluding hydrogens is 338 g/mol. The van der Waals surface area contributed by atoms with Gasteiger partial charge < -0.3 is 5.32 Å². The van der Waals surface area contributed by atoms with Gasteiger partial charge in [-0.05, 0) is 24.3 Å². The number of nitrogens with one attached hydrogen (secondary N) is 1. The second kappa shape index (κ2) is 6.86. The third kappa shape index (κ3) is 3.18. The van der Waals surface area contributed by atoms with Gasteiger partial charge >= 0.3 is 0 Å². The van der Waals surface area contributed by atoms with E-state index in [4.69, 9.17) is 0 Å². The number of amides is 3. The van der Waals surface area contributed by atoms with Crippen molar-refractivity contribution in [3.05, 3.63) is 39.4 Å². The van der Waals surface area contributed by atoms with Crippen LogP contribution >= 0.6 is 0 Å². The van der Waals surface area contributed by atoms with Gasteiger partial charge in [-0.25, -0.2) is 0 Å². The van der Waals surface area contributed by atoms with E-state index in [9.17, 15) is 24.5 Å². The number of benzene rings is 1. The number of nitro benzene ring substituents is 1. The van der Waals surface area contributed by atoms with Gasteiger partial charge in [0.1, 0.15) is 6.54 Å². The number of rotatable bonds is 4. The Kier molecular flexibility index (Phi) is 4.76. The second-order valence-electron chi connectivity index (χ2n) is 7.12. The van der Waals surface area contributed by atoms with Crippen molar-refractivity contribution < 1.29 is 19.3 Å². The number of hydrogen-bond acceptors (Lipinski definition) is 5. The van der Waals surface area contributed by atoms with Crippen LogP contribution in [-0.2, 0) is 4.79 Å². The molecule has 1 aromatic carbocycles. The molecule has 3 atom stereocenters. The zero-order valence-electron chi connectivity index (χ0n) is 14.7. The highest BCUT2D eigenvalue weighted by Gasteiger charge is 2.38. The van der Waals surface area contributed by atoms with E-state index < -0.39 is 16.7 Å². The van der Waals surface area contributed by atoms with Crippen molar-refractivity contribution in [2.24, 2.45) is 11.8 Å². The first-order valence-corrected chi connectivity index (χ1v) is 8.73. The van der Waals surface area contributed by atoms with Crippen molar-refractivity contribution in [2.75, 3.05) is 6.54 Å². The number of hydrogen-bond donors (Lipinski definition) is 1. The smallest absolute Gasteiger partial charge is 0.270 e. The van der Waals surface area contributed by atoms with Crippen LogP contribution in [0.1, 0.15) is 53.8 Å². The molecule has 8 heteroatoms. The summed E-state index contributed by atoms with van der Waals surface area (Å²) in [6.07, 6.45) is 3.05. The molecule has 0 saturated heterocycles. The minimum absolute atomic E-state index is 0.0301. The number of carbonyl (C=O) groups excluding carboxylic acids is 3. The van der Waals surface area contributed by atoms with Crippen molar-refractivity contribution in [2.45, 2.75) is 39.2 Å². The Morgan fingerprint density at radius 1 is 1.23 bits per heavy atom. The van der Waals surface area contributed by atoms with E-state index in [-0.39, 0.29) is 35.3 Å². The lowest BCUT2D eigenvalue weighted by Crippen LogP contribution is -2.48. The minimum Gasteiger partial charge on any atom is -0.352 e. The quantitative estimate of drug-likeness (QED) is 0.503. The summed E-state index contributed by atoms with van der Waals surface area (Å²) < 4.78 is 0. The molecule has 8 nitrogen and oxygen atoms in total. The monoisotopic (exact) mass is 359 g/mol. The standard InChI is InChI=1S/C18H21N3O5/c1-10-4-3-5-15(11(10)2)19-16(22)9-20-17(23)13-7-6-12(21(25)26)8-14(13)18(20)24/h6-8,10-11,15H,3-5,9H2,1-2H3,(H,19,22)/t10-,11-,15+/m1/s1. The third-order valence-electron chi connectivity index (χ3n) is 5.52. The van der Waals surface area contributed by atoms with Crippen LogP contribution < -0.4 is 5.32 Å². The van der Waals surface area contributed by atoms with Gasteiger partial charge in [-0.3, -0.25) is 29.4 Å². The van der Waals surface area contributed by atoms with Gasteiger partial charge in [-0.1, -0.05) is 26.7 Å². The molecule has 3 amide bonds. The van der Waals surface area contributed by atoms with Crippen molar-refractivity contribution in [3.63, 3.8) is 0 Å². The summed E-state index contributed by atoms with van der Waals surface area (Å²) in [5.74, 6) is -0.819. The maximum Gasteiger partial charge on any atom is 0.270 e. The maximum absolute atomic E-state index is 12.4. The predicted octanol–water partition coefficient (Wildman–Crippen LogP) is 2.13. The Morgan fingerprint density at radius 2 is 1.92 bits per heavy atom. The van der Waals surface area contributed by atoms with Crippen LogP contribution in [0.15, 0.2) is 18.2 Å². The topological polar surface area (TPSA) is 110 Å². The minimum atomic E-state index is -0.672. The molecule has 1 heterocycles. The molecule has 1 aromatic rings. The van der Waals surface area contributed by atoms with E-state index in [0.29, 0.717) is 11.8 Å². The fourth-order valence-corrected chi connectivity index (χ4v) is 3.72. The lowest BCUT2D eigenvalue weighted by Gasteiger charge is -2.34. The van der Waals surface area contributed by atoms with Crippen LogP contribution in [-0.4, -0.2) is 40.1 Å². The number of nitro groups is 1. The van der Waals surface area contributed by atoms with Crippen LogP contribution in [0.25, 0.3) is 0 Å². The molecule has 2 aliphatic rings. The summed E-state index contributed by atoms with van der Waals surface area (Å²) in [6.45, 7) is 3.87. The van der Waals surface area contributed by atoms with Crippen LogP contribution in [0.4, 0.5) is 5.69 Å². The Labute approximate surface area is 150 Å². The predicted molar refractivity (Wildman–Crippen MR) is 92.6 cm³/mol. The largest absolute Gasteiger partial charge is 0.352 e. The SMILES string of the molecule is C[C@@H]1[C@H](C)CCC[C@@H]1NC(=O)CN1C(=O)c2ccc([N+](=O)[O-])cc2C1=O. The Balaban J connectivity index is 1.70. The zero-order valence-corrected chi connectivity index (χ0v) is 14.7. The fraction of sp³-hybridized carbons (Fsp3) is 0.500. The number of carbonyl (C=O) groups is 3. The van der Waals surface area contributed by atoms with Crippen molar-refractivity contribution in [1.82, 2.24) is 10.2 Å². The Hall–Kier alpha value is -2.77. The van der Waals surface area contributed by atoms with Crippen molar-refractivity contribution in [3.8, 4) is 0 Å². The molecular formula is C18H21N3O5. The van der Waals surface area contributed by atoms with Gasteiger partial charge in [0.25, 0.3) is 17.5 Å². The summed E-state index contributed by atoms with van der Waals surface area (Å²) in [6, 6.07) is 3.55. The number of fused-ring (bicyclic) bond motifs is 1. The highest BCUT2D eigenvalue weighted by atomic mass is 16.6. The molecule has 0 unspecified atom stereocenters. The average molecular weight is 359 g/mol. The van der Waals surface area contributed by atoms with Crippen LogP contribution in [0.3, 0.4) is 0 Å². The summed E-state index contributed by atoms with van der Waals surface area (Å²) in [7, 11) is 0. The van der Waals surface area contributed by atoms with Crippen molar-refractivity contribution in [1.29, 1.82) is 0 Å². The molecule has 3 rings (SSSR count). The maximum atomic E-state index is 12.4. The first kappa shape index (κ1) is 18.0. The molecule has 0 radical (unpaired) electrons. The third-order valence-corrected chi connectivity index (χ3v) is 5.52. The molecule has 1 saturated carbocycles. The zero-order chi connectivity index (χ0) is 19.0. The van der Waals surface area contributed by atoms with Crippen LogP contribution in [0, 0.1) is 22.0 Å². The number of nitrogens with zero attached hydrogens (tertiary/aromatic N) is 2. The van der Waals surface area contributed by atoms with Gasteiger partial charge in [0.15, 0.2) is 0 Å². The second-order valence-corrected chi connectivity index (χ2v) is 7.12. The van der Waals surface area contributed by atoms with E-state index in [1.807, 2.05) is 0 Å². The van der Waals surface area contributed by atoms with Gasteiger partial charge in [0, 0.05) is 18.2 Å². The lowest BCUT2D eigenvalue weighted by atomic mass is 9.78. The van der Waals surface area contributed by atoms with Gasteiger partial charge in [0.05, 0.1) is 16.1 Å². The molecule has 26 heavy (non-hydrogen) atoms. The summed E-state index contributed by atoms with van der Waals surface area (Å²) in [4.78, 5) is 48.3. The first-order chi connectivity index (χ1) is 12.3. The molecule has 138 valence electrons. The van der Waals surface area contributed by atoms with E-state index >= 15 is 0 Å². The van der Waals surface area contributed by atoms with Gasteiger partial charge in [-0.2, -0.15) is 0 Å². The highest BCUT2D eigenvalue weighted by Crippen LogP contribution is 2.30. The number of imide groups is 1. The van der Waals surface area contributed by atoms with Crippen molar-refractivity contribution >= 4 is 23.4 Å². The Morgan fingerprint density at radius 3 is 2.62 bits per heavy atom.